The lowest BCUT2D eigenvalue weighted by molar-refractivity contribution is 0.0661. The standard InChI is InChI=1S/C22H27N3O2/c1-16(23)19-10-7-13-25(15-19)22(27)18-9-6-8-17(14-18)21(26)24(2)20-11-4-3-5-12-20/h3-6,8-9,11-12,14,16,19H,7,10,13,15,23H2,1-2H3. The molecule has 2 aromatic carbocycles. The van der Waals surface area contributed by atoms with Crippen LogP contribution in [0.15, 0.2) is 54.6 Å². The van der Waals surface area contributed by atoms with Gasteiger partial charge in [-0.1, -0.05) is 24.3 Å². The van der Waals surface area contributed by atoms with Gasteiger partial charge in [-0.25, -0.2) is 0 Å². The Bertz CT molecular complexity index is 804. The number of hydrogen-bond donors (Lipinski definition) is 1. The van der Waals surface area contributed by atoms with Gasteiger partial charge in [-0.05, 0) is 56.0 Å². The Morgan fingerprint density at radius 2 is 1.81 bits per heavy atom. The first-order valence-electron chi connectivity index (χ1n) is 9.45. The number of amides is 2. The molecule has 5 heteroatoms. The van der Waals surface area contributed by atoms with Gasteiger partial charge in [-0.15, -0.1) is 0 Å². The summed E-state index contributed by atoms with van der Waals surface area (Å²) in [6, 6.07) is 16.5. The van der Waals surface area contributed by atoms with Crippen molar-refractivity contribution in [2.75, 3.05) is 25.0 Å². The second-order valence-corrected chi connectivity index (χ2v) is 7.29. The predicted octanol–water partition coefficient (Wildman–Crippen LogP) is 3.16. The molecule has 1 heterocycles. The molecular formula is C22H27N3O2. The Kier molecular flexibility index (Phi) is 5.91. The maximum Gasteiger partial charge on any atom is 0.258 e. The van der Waals surface area contributed by atoms with Crippen LogP contribution in [-0.4, -0.2) is 42.9 Å². The maximum atomic E-state index is 12.9. The summed E-state index contributed by atoms with van der Waals surface area (Å²) >= 11 is 0. The number of rotatable bonds is 4. The molecular weight excluding hydrogens is 338 g/mol. The van der Waals surface area contributed by atoms with Gasteiger partial charge in [0.2, 0.25) is 0 Å². The summed E-state index contributed by atoms with van der Waals surface area (Å²) in [6.07, 6.45) is 2.02. The van der Waals surface area contributed by atoms with E-state index >= 15 is 0 Å². The molecule has 5 nitrogen and oxygen atoms in total. The minimum absolute atomic E-state index is 0.0302. The highest BCUT2D eigenvalue weighted by Gasteiger charge is 2.27. The van der Waals surface area contributed by atoms with E-state index < -0.39 is 0 Å². The lowest BCUT2D eigenvalue weighted by atomic mass is 9.92. The summed E-state index contributed by atoms with van der Waals surface area (Å²) in [5.41, 5.74) is 7.90. The van der Waals surface area contributed by atoms with Crippen molar-refractivity contribution < 1.29 is 9.59 Å². The van der Waals surface area contributed by atoms with Gasteiger partial charge in [0.1, 0.15) is 0 Å². The average Bonchev–Trinajstić information content (AvgIpc) is 2.73. The number of carbonyl (C=O) groups is 2. The molecule has 1 aliphatic rings. The second-order valence-electron chi connectivity index (χ2n) is 7.29. The molecule has 1 aliphatic heterocycles. The molecule has 27 heavy (non-hydrogen) atoms. The summed E-state index contributed by atoms with van der Waals surface area (Å²) in [5.74, 6) is 0.164. The molecule has 2 unspecified atom stereocenters. The van der Waals surface area contributed by atoms with Crippen molar-refractivity contribution in [3.8, 4) is 0 Å². The molecule has 0 radical (unpaired) electrons. The Morgan fingerprint density at radius 3 is 2.52 bits per heavy atom. The molecule has 2 amide bonds. The van der Waals surface area contributed by atoms with E-state index in [9.17, 15) is 9.59 Å². The maximum absolute atomic E-state index is 12.9. The Labute approximate surface area is 160 Å². The smallest absolute Gasteiger partial charge is 0.258 e. The van der Waals surface area contributed by atoms with Crippen LogP contribution in [-0.2, 0) is 0 Å². The summed E-state index contributed by atoms with van der Waals surface area (Å²) < 4.78 is 0. The fourth-order valence-electron chi connectivity index (χ4n) is 3.55. The van der Waals surface area contributed by atoms with Crippen molar-refractivity contribution in [3.05, 3.63) is 65.7 Å². The average molecular weight is 365 g/mol. The summed E-state index contributed by atoms with van der Waals surface area (Å²) in [4.78, 5) is 29.2. The van der Waals surface area contributed by atoms with Gasteiger partial charge in [-0.3, -0.25) is 9.59 Å². The third-order valence-corrected chi connectivity index (χ3v) is 5.29. The van der Waals surface area contributed by atoms with Crippen LogP contribution in [0.5, 0.6) is 0 Å². The SMILES string of the molecule is CC(N)C1CCCN(C(=O)c2cccc(C(=O)N(C)c3ccccc3)c2)C1. The van der Waals surface area contributed by atoms with E-state index in [1.807, 2.05) is 42.2 Å². The largest absolute Gasteiger partial charge is 0.338 e. The van der Waals surface area contributed by atoms with E-state index in [0.717, 1.165) is 25.1 Å². The number of hydrogen-bond acceptors (Lipinski definition) is 3. The number of carbonyl (C=O) groups excluding carboxylic acids is 2. The van der Waals surface area contributed by atoms with Gasteiger partial charge in [0, 0.05) is 43.0 Å². The summed E-state index contributed by atoms with van der Waals surface area (Å²) in [6.45, 7) is 3.42. The summed E-state index contributed by atoms with van der Waals surface area (Å²) in [7, 11) is 1.74. The van der Waals surface area contributed by atoms with Crippen LogP contribution in [0.2, 0.25) is 0 Å². The Morgan fingerprint density at radius 1 is 1.11 bits per heavy atom. The van der Waals surface area contributed by atoms with E-state index in [4.69, 9.17) is 5.73 Å². The van der Waals surface area contributed by atoms with Crippen LogP contribution in [0.1, 0.15) is 40.5 Å². The zero-order chi connectivity index (χ0) is 19.4. The first-order valence-corrected chi connectivity index (χ1v) is 9.45. The van der Waals surface area contributed by atoms with E-state index in [1.54, 1.807) is 36.2 Å². The molecule has 1 fully saturated rings. The molecule has 2 aromatic rings. The zero-order valence-electron chi connectivity index (χ0n) is 16.0. The topological polar surface area (TPSA) is 66.6 Å². The van der Waals surface area contributed by atoms with Crippen LogP contribution in [0, 0.1) is 5.92 Å². The molecule has 0 bridgehead atoms. The zero-order valence-corrected chi connectivity index (χ0v) is 16.0. The first kappa shape index (κ1) is 19.1. The van der Waals surface area contributed by atoms with Crippen LogP contribution < -0.4 is 10.6 Å². The lowest BCUT2D eigenvalue weighted by Gasteiger charge is -2.34. The number of anilines is 1. The van der Waals surface area contributed by atoms with Crippen LogP contribution in [0.25, 0.3) is 0 Å². The van der Waals surface area contributed by atoms with E-state index in [2.05, 4.69) is 0 Å². The van der Waals surface area contributed by atoms with Crippen molar-refractivity contribution in [3.63, 3.8) is 0 Å². The van der Waals surface area contributed by atoms with Crippen LogP contribution in [0.3, 0.4) is 0 Å². The highest BCUT2D eigenvalue weighted by atomic mass is 16.2. The molecule has 2 N–H and O–H groups in total. The van der Waals surface area contributed by atoms with Gasteiger partial charge in [0.15, 0.2) is 0 Å². The van der Waals surface area contributed by atoms with Crippen LogP contribution in [0.4, 0.5) is 5.69 Å². The number of para-hydroxylation sites is 1. The molecule has 2 atom stereocenters. The van der Waals surface area contributed by atoms with Crippen LogP contribution >= 0.6 is 0 Å². The molecule has 0 saturated carbocycles. The van der Waals surface area contributed by atoms with Gasteiger partial charge >= 0.3 is 0 Å². The van der Waals surface area contributed by atoms with E-state index in [-0.39, 0.29) is 17.9 Å². The predicted molar refractivity (Wildman–Crippen MR) is 108 cm³/mol. The van der Waals surface area contributed by atoms with Crippen molar-refractivity contribution >= 4 is 17.5 Å². The normalized spacial score (nSPS) is 18.0. The van der Waals surface area contributed by atoms with Crippen molar-refractivity contribution in [2.24, 2.45) is 11.7 Å². The number of nitrogens with zero attached hydrogens (tertiary/aromatic N) is 2. The fourth-order valence-corrected chi connectivity index (χ4v) is 3.55. The molecule has 0 aliphatic carbocycles. The highest BCUT2D eigenvalue weighted by molar-refractivity contribution is 6.07. The molecule has 0 spiro atoms. The summed E-state index contributed by atoms with van der Waals surface area (Å²) in [5, 5.41) is 0. The van der Waals surface area contributed by atoms with Gasteiger partial charge in [0.05, 0.1) is 0 Å². The third-order valence-electron chi connectivity index (χ3n) is 5.29. The minimum Gasteiger partial charge on any atom is -0.338 e. The van der Waals surface area contributed by atoms with Gasteiger partial charge in [-0.2, -0.15) is 0 Å². The number of nitrogens with two attached hydrogens (primary N) is 1. The van der Waals surface area contributed by atoms with Gasteiger partial charge in [0.25, 0.3) is 11.8 Å². The Hall–Kier alpha value is -2.66. The lowest BCUT2D eigenvalue weighted by Crippen LogP contribution is -2.45. The number of benzene rings is 2. The molecule has 3 rings (SSSR count). The van der Waals surface area contributed by atoms with Crippen molar-refractivity contribution in [1.29, 1.82) is 0 Å². The number of piperidine rings is 1. The van der Waals surface area contributed by atoms with Crippen molar-refractivity contribution in [2.45, 2.75) is 25.8 Å². The molecule has 142 valence electrons. The first-order chi connectivity index (χ1) is 13.0. The highest BCUT2D eigenvalue weighted by Crippen LogP contribution is 2.21. The monoisotopic (exact) mass is 365 g/mol. The van der Waals surface area contributed by atoms with E-state index in [0.29, 0.717) is 23.6 Å². The Balaban J connectivity index is 1.77. The second kappa shape index (κ2) is 8.35. The molecule has 0 aromatic heterocycles. The molecule has 1 saturated heterocycles. The van der Waals surface area contributed by atoms with Gasteiger partial charge < -0.3 is 15.5 Å². The van der Waals surface area contributed by atoms with Crippen molar-refractivity contribution in [1.82, 2.24) is 4.90 Å². The van der Waals surface area contributed by atoms with E-state index in [1.165, 1.54) is 0 Å². The third kappa shape index (κ3) is 4.37. The fraction of sp³-hybridized carbons (Fsp3) is 0.364. The quantitative estimate of drug-likeness (QED) is 0.905. The minimum atomic E-state index is -0.136. The number of likely N-dealkylation sites (tertiary alicyclic amines) is 1.